The quantitative estimate of drug-likeness (QED) is 0.716. The van der Waals surface area contributed by atoms with Crippen LogP contribution in [0, 0.1) is 6.92 Å². The highest BCUT2D eigenvalue weighted by Crippen LogP contribution is 2.19. The van der Waals surface area contributed by atoms with Crippen LogP contribution in [0.4, 0.5) is 11.4 Å². The summed E-state index contributed by atoms with van der Waals surface area (Å²) in [4.78, 5) is 11.4. The monoisotopic (exact) mass is 347 g/mol. The number of rotatable bonds is 7. The molecule has 1 amide bonds. The van der Waals surface area contributed by atoms with Crippen molar-refractivity contribution in [1.29, 1.82) is 0 Å². The number of hydrogen-bond acceptors (Lipinski definition) is 4. The van der Waals surface area contributed by atoms with Crippen LogP contribution in [0.2, 0.25) is 0 Å². The van der Waals surface area contributed by atoms with Crippen LogP contribution in [0.15, 0.2) is 53.4 Å². The summed E-state index contributed by atoms with van der Waals surface area (Å²) in [5.41, 5.74) is 7.41. The lowest BCUT2D eigenvalue weighted by Gasteiger charge is -2.15. The number of hydrogen-bond donors (Lipinski definition) is 3. The molecule has 0 fully saturated rings. The van der Waals surface area contributed by atoms with Crippen LogP contribution in [0.25, 0.3) is 0 Å². The number of aryl methyl sites for hydroxylation is 1. The van der Waals surface area contributed by atoms with E-state index in [1.807, 2.05) is 13.8 Å². The molecule has 0 bridgehead atoms. The summed E-state index contributed by atoms with van der Waals surface area (Å²) in [5.74, 6) is -0.429. The molecule has 0 aliphatic carbocycles. The fourth-order valence-electron chi connectivity index (χ4n) is 2.14. The van der Waals surface area contributed by atoms with Gasteiger partial charge < -0.3 is 11.1 Å². The zero-order valence-electron chi connectivity index (χ0n) is 13.6. The number of anilines is 2. The molecule has 2 rings (SSSR count). The van der Waals surface area contributed by atoms with Crippen LogP contribution in [0.1, 0.15) is 18.9 Å². The molecule has 0 aliphatic rings. The van der Waals surface area contributed by atoms with Crippen LogP contribution < -0.4 is 15.8 Å². The maximum Gasteiger partial charge on any atom is 0.261 e. The van der Waals surface area contributed by atoms with Crippen LogP contribution in [0.5, 0.6) is 0 Å². The van der Waals surface area contributed by atoms with Gasteiger partial charge in [0.25, 0.3) is 10.0 Å². The average molecular weight is 347 g/mol. The first-order valence-electron chi connectivity index (χ1n) is 7.57. The molecule has 0 aromatic heterocycles. The largest absolute Gasteiger partial charge is 0.374 e. The van der Waals surface area contributed by atoms with E-state index in [1.54, 1.807) is 48.5 Å². The molecule has 0 spiro atoms. The SMILES string of the molecule is CC[C@@H](Nc1ccc(NS(=O)(=O)c2ccc(C)cc2)cc1)C(N)=O. The molecule has 0 unspecified atom stereocenters. The number of amides is 1. The second-order valence-electron chi connectivity index (χ2n) is 5.50. The van der Waals surface area contributed by atoms with Gasteiger partial charge in [-0.3, -0.25) is 9.52 Å². The molecule has 2 aromatic carbocycles. The zero-order valence-corrected chi connectivity index (χ0v) is 14.4. The zero-order chi connectivity index (χ0) is 17.7. The van der Waals surface area contributed by atoms with E-state index in [0.29, 0.717) is 17.8 Å². The summed E-state index contributed by atoms with van der Waals surface area (Å²) >= 11 is 0. The average Bonchev–Trinajstić information content (AvgIpc) is 2.54. The molecule has 128 valence electrons. The van der Waals surface area contributed by atoms with Gasteiger partial charge in [0.05, 0.1) is 4.90 Å². The first-order chi connectivity index (χ1) is 11.3. The van der Waals surface area contributed by atoms with E-state index < -0.39 is 22.0 Å². The normalized spacial score (nSPS) is 12.4. The van der Waals surface area contributed by atoms with Crippen LogP contribution in [0.3, 0.4) is 0 Å². The van der Waals surface area contributed by atoms with Crippen molar-refractivity contribution in [2.24, 2.45) is 5.73 Å². The van der Waals surface area contributed by atoms with Crippen molar-refractivity contribution >= 4 is 27.3 Å². The molecular weight excluding hydrogens is 326 g/mol. The fraction of sp³-hybridized carbons (Fsp3) is 0.235. The Hall–Kier alpha value is -2.54. The van der Waals surface area contributed by atoms with E-state index in [9.17, 15) is 13.2 Å². The van der Waals surface area contributed by atoms with E-state index in [2.05, 4.69) is 10.0 Å². The number of sulfonamides is 1. The van der Waals surface area contributed by atoms with Crippen molar-refractivity contribution in [2.75, 3.05) is 10.0 Å². The maximum atomic E-state index is 12.3. The first-order valence-corrected chi connectivity index (χ1v) is 9.05. The molecule has 24 heavy (non-hydrogen) atoms. The molecule has 0 saturated heterocycles. The summed E-state index contributed by atoms with van der Waals surface area (Å²) in [6, 6.07) is 12.8. The second-order valence-corrected chi connectivity index (χ2v) is 7.19. The van der Waals surface area contributed by atoms with Gasteiger partial charge >= 0.3 is 0 Å². The molecule has 2 aromatic rings. The van der Waals surface area contributed by atoms with Gasteiger partial charge in [0.1, 0.15) is 6.04 Å². The topological polar surface area (TPSA) is 101 Å². The molecular formula is C17H21N3O3S. The fourth-order valence-corrected chi connectivity index (χ4v) is 3.20. The van der Waals surface area contributed by atoms with Crippen LogP contribution >= 0.6 is 0 Å². The van der Waals surface area contributed by atoms with Gasteiger partial charge in [-0.15, -0.1) is 0 Å². The smallest absolute Gasteiger partial charge is 0.261 e. The number of nitrogens with one attached hydrogen (secondary N) is 2. The van der Waals surface area contributed by atoms with Gasteiger partial charge in [-0.1, -0.05) is 24.6 Å². The Kier molecular flexibility index (Phi) is 5.46. The summed E-state index contributed by atoms with van der Waals surface area (Å²) in [5, 5.41) is 3.00. The number of benzene rings is 2. The Labute approximate surface area is 142 Å². The molecule has 0 radical (unpaired) electrons. The van der Waals surface area contributed by atoms with Gasteiger partial charge in [-0.2, -0.15) is 0 Å². The van der Waals surface area contributed by atoms with E-state index in [4.69, 9.17) is 5.73 Å². The summed E-state index contributed by atoms with van der Waals surface area (Å²) in [7, 11) is -3.63. The van der Waals surface area contributed by atoms with E-state index in [-0.39, 0.29) is 4.90 Å². The summed E-state index contributed by atoms with van der Waals surface area (Å²) in [6.45, 7) is 3.75. The number of nitrogens with two attached hydrogens (primary N) is 1. The molecule has 0 heterocycles. The highest BCUT2D eigenvalue weighted by Gasteiger charge is 2.15. The van der Waals surface area contributed by atoms with Gasteiger partial charge in [0.2, 0.25) is 5.91 Å². The number of primary amides is 1. The number of carbonyl (C=O) groups is 1. The van der Waals surface area contributed by atoms with Gasteiger partial charge in [0, 0.05) is 11.4 Å². The minimum Gasteiger partial charge on any atom is -0.374 e. The Morgan fingerprint density at radius 3 is 2.08 bits per heavy atom. The Bertz CT molecular complexity index is 800. The molecule has 6 nitrogen and oxygen atoms in total. The van der Waals surface area contributed by atoms with Crippen molar-refractivity contribution in [2.45, 2.75) is 31.2 Å². The Morgan fingerprint density at radius 2 is 1.58 bits per heavy atom. The van der Waals surface area contributed by atoms with Crippen molar-refractivity contribution in [3.63, 3.8) is 0 Å². The number of carbonyl (C=O) groups excluding carboxylic acids is 1. The third kappa shape index (κ3) is 4.48. The molecule has 0 aliphatic heterocycles. The highest BCUT2D eigenvalue weighted by atomic mass is 32.2. The van der Waals surface area contributed by atoms with Crippen LogP contribution in [-0.4, -0.2) is 20.4 Å². The van der Waals surface area contributed by atoms with Gasteiger partial charge in [-0.05, 0) is 49.7 Å². The predicted molar refractivity (Wildman–Crippen MR) is 95.3 cm³/mol. The lowest BCUT2D eigenvalue weighted by atomic mass is 10.2. The highest BCUT2D eigenvalue weighted by molar-refractivity contribution is 7.92. The van der Waals surface area contributed by atoms with Crippen molar-refractivity contribution in [1.82, 2.24) is 0 Å². The lowest BCUT2D eigenvalue weighted by Crippen LogP contribution is -2.34. The minimum absolute atomic E-state index is 0.204. The Morgan fingerprint density at radius 1 is 1.04 bits per heavy atom. The van der Waals surface area contributed by atoms with Gasteiger partial charge in [0.15, 0.2) is 0 Å². The minimum atomic E-state index is -3.63. The molecule has 7 heteroatoms. The third-order valence-electron chi connectivity index (χ3n) is 3.56. The van der Waals surface area contributed by atoms with Crippen LogP contribution in [-0.2, 0) is 14.8 Å². The standard InChI is InChI=1S/C17H21N3O3S/c1-3-16(17(18)21)19-13-6-8-14(9-7-13)20-24(22,23)15-10-4-12(2)5-11-15/h4-11,16,19-20H,3H2,1-2H3,(H2,18,21)/t16-/m1/s1. The van der Waals surface area contributed by atoms with E-state index in [1.165, 1.54) is 0 Å². The first kappa shape index (κ1) is 17.8. The summed E-state index contributed by atoms with van der Waals surface area (Å²) in [6.07, 6.45) is 0.567. The van der Waals surface area contributed by atoms with E-state index in [0.717, 1.165) is 5.56 Å². The van der Waals surface area contributed by atoms with Crippen molar-refractivity contribution in [3.05, 3.63) is 54.1 Å². The second kappa shape index (κ2) is 7.35. The predicted octanol–water partition coefficient (Wildman–Crippen LogP) is 2.47. The van der Waals surface area contributed by atoms with Crippen molar-refractivity contribution in [3.8, 4) is 0 Å². The molecule has 1 atom stereocenters. The summed E-state index contributed by atoms with van der Waals surface area (Å²) < 4.78 is 27.2. The maximum absolute atomic E-state index is 12.3. The lowest BCUT2D eigenvalue weighted by molar-refractivity contribution is -0.118. The molecule has 4 N–H and O–H groups in total. The van der Waals surface area contributed by atoms with E-state index >= 15 is 0 Å². The molecule has 0 saturated carbocycles. The van der Waals surface area contributed by atoms with Gasteiger partial charge in [-0.25, -0.2) is 8.42 Å². The van der Waals surface area contributed by atoms with Crippen molar-refractivity contribution < 1.29 is 13.2 Å². The Balaban J connectivity index is 2.11. The third-order valence-corrected chi connectivity index (χ3v) is 4.96.